The summed E-state index contributed by atoms with van der Waals surface area (Å²) in [7, 11) is -2.83. The summed E-state index contributed by atoms with van der Waals surface area (Å²) >= 11 is 0. The van der Waals surface area contributed by atoms with Gasteiger partial charge in [0.2, 0.25) is 0 Å². The predicted octanol–water partition coefficient (Wildman–Crippen LogP) is 2.08. The van der Waals surface area contributed by atoms with E-state index in [2.05, 4.69) is 19.2 Å². The van der Waals surface area contributed by atoms with Gasteiger partial charge in [-0.3, -0.25) is 0 Å². The molecule has 0 amide bonds. The Morgan fingerprint density at radius 2 is 1.81 bits per heavy atom. The highest BCUT2D eigenvalue weighted by Gasteiger charge is 2.14. The van der Waals surface area contributed by atoms with E-state index in [4.69, 9.17) is 0 Å². The molecule has 0 aromatic heterocycles. The maximum atomic E-state index is 11.7. The second kappa shape index (κ2) is 8.07. The van der Waals surface area contributed by atoms with Crippen molar-refractivity contribution in [2.24, 2.45) is 11.8 Å². The number of hydrogen-bond acceptors (Lipinski definition) is 3. The monoisotopic (exact) mass is 249 g/mol. The minimum absolute atomic E-state index is 0.286. The van der Waals surface area contributed by atoms with Crippen LogP contribution in [-0.2, 0) is 9.84 Å². The summed E-state index contributed by atoms with van der Waals surface area (Å²) in [6, 6.07) is 0. The quantitative estimate of drug-likeness (QED) is 0.636. The van der Waals surface area contributed by atoms with Crippen molar-refractivity contribution in [3.8, 4) is 0 Å². The Balaban J connectivity index is 3.67. The lowest BCUT2D eigenvalue weighted by Gasteiger charge is -2.10. The van der Waals surface area contributed by atoms with Gasteiger partial charge >= 0.3 is 0 Å². The lowest BCUT2D eigenvalue weighted by atomic mass is 10.2. The molecule has 0 radical (unpaired) electrons. The molecule has 1 unspecified atom stereocenters. The predicted molar refractivity (Wildman–Crippen MR) is 70.4 cm³/mol. The molecule has 0 aliphatic carbocycles. The Morgan fingerprint density at radius 3 is 2.31 bits per heavy atom. The molecule has 0 aliphatic rings. The largest absolute Gasteiger partial charge is 0.316 e. The minimum atomic E-state index is -2.83. The Hall–Kier alpha value is -0.0900. The van der Waals surface area contributed by atoms with Crippen LogP contribution in [0.5, 0.6) is 0 Å². The van der Waals surface area contributed by atoms with Crippen LogP contribution in [0.4, 0.5) is 0 Å². The summed E-state index contributed by atoms with van der Waals surface area (Å²) in [6.45, 7) is 10.1. The summed E-state index contributed by atoms with van der Waals surface area (Å²) in [6.07, 6.45) is 1.66. The molecule has 0 heterocycles. The number of nitrogens with one attached hydrogen (secondary N) is 1. The first-order valence-electron chi connectivity index (χ1n) is 6.28. The van der Waals surface area contributed by atoms with Gasteiger partial charge < -0.3 is 5.32 Å². The first-order valence-corrected chi connectivity index (χ1v) is 8.10. The number of rotatable bonds is 9. The van der Waals surface area contributed by atoms with Gasteiger partial charge in [-0.05, 0) is 31.3 Å². The molecule has 0 fully saturated rings. The Kier molecular flexibility index (Phi) is 8.02. The van der Waals surface area contributed by atoms with Gasteiger partial charge in [0.25, 0.3) is 0 Å². The van der Waals surface area contributed by atoms with Gasteiger partial charge in [0.15, 0.2) is 9.84 Å². The van der Waals surface area contributed by atoms with E-state index < -0.39 is 9.84 Å². The van der Waals surface area contributed by atoms with Gasteiger partial charge in [-0.15, -0.1) is 0 Å². The van der Waals surface area contributed by atoms with Crippen LogP contribution in [0.3, 0.4) is 0 Å². The van der Waals surface area contributed by atoms with Crippen LogP contribution in [0.2, 0.25) is 0 Å². The van der Waals surface area contributed by atoms with E-state index in [1.54, 1.807) is 0 Å². The molecule has 0 aromatic carbocycles. The maximum Gasteiger partial charge on any atom is 0.150 e. The van der Waals surface area contributed by atoms with Gasteiger partial charge in [0.1, 0.15) is 0 Å². The molecule has 0 rings (SSSR count). The average molecular weight is 249 g/mol. The average Bonchev–Trinajstić information content (AvgIpc) is 2.15. The van der Waals surface area contributed by atoms with E-state index in [1.807, 2.05) is 13.8 Å². The fraction of sp³-hybridized carbons (Fsp3) is 1.00. The Morgan fingerprint density at radius 1 is 1.19 bits per heavy atom. The summed E-state index contributed by atoms with van der Waals surface area (Å²) in [5.74, 6) is 1.57. The highest BCUT2D eigenvalue weighted by Crippen LogP contribution is 2.06. The summed E-state index contributed by atoms with van der Waals surface area (Å²) < 4.78 is 23.3. The summed E-state index contributed by atoms with van der Waals surface area (Å²) in [5, 5.41) is 3.26. The van der Waals surface area contributed by atoms with Crippen LogP contribution in [-0.4, -0.2) is 33.0 Å². The van der Waals surface area contributed by atoms with E-state index in [9.17, 15) is 8.42 Å². The SMILES string of the molecule is CCC(C)CS(=O)(=O)CCCNCC(C)C. The van der Waals surface area contributed by atoms with Crippen LogP contribution in [0, 0.1) is 11.8 Å². The van der Waals surface area contributed by atoms with Crippen molar-refractivity contribution in [3.63, 3.8) is 0 Å². The fourth-order valence-electron chi connectivity index (χ4n) is 1.44. The standard InChI is InChI=1S/C12H27NO2S/c1-5-12(4)10-16(14,15)8-6-7-13-9-11(2)3/h11-13H,5-10H2,1-4H3. The zero-order chi connectivity index (χ0) is 12.6. The molecule has 1 N–H and O–H groups in total. The van der Waals surface area contributed by atoms with Gasteiger partial charge in [-0.25, -0.2) is 8.42 Å². The highest BCUT2D eigenvalue weighted by molar-refractivity contribution is 7.91. The molecule has 0 saturated heterocycles. The second-order valence-corrected chi connectivity index (χ2v) is 7.31. The van der Waals surface area contributed by atoms with E-state index in [0.717, 1.165) is 25.9 Å². The van der Waals surface area contributed by atoms with Crippen molar-refractivity contribution < 1.29 is 8.42 Å². The van der Waals surface area contributed by atoms with Crippen LogP contribution in [0.25, 0.3) is 0 Å². The van der Waals surface area contributed by atoms with Crippen LogP contribution in [0.15, 0.2) is 0 Å². The van der Waals surface area contributed by atoms with E-state index in [1.165, 1.54) is 0 Å². The van der Waals surface area contributed by atoms with Crippen LogP contribution >= 0.6 is 0 Å². The molecule has 0 spiro atoms. The van der Waals surface area contributed by atoms with Crippen molar-refractivity contribution in [1.29, 1.82) is 0 Å². The third kappa shape index (κ3) is 9.16. The molecule has 1 atom stereocenters. The minimum Gasteiger partial charge on any atom is -0.316 e. The second-order valence-electron chi connectivity index (χ2n) is 5.08. The molecule has 0 aliphatic heterocycles. The first kappa shape index (κ1) is 15.9. The summed E-state index contributed by atoms with van der Waals surface area (Å²) in [4.78, 5) is 0. The third-order valence-corrected chi connectivity index (χ3v) is 4.58. The van der Waals surface area contributed by atoms with Gasteiger partial charge in [0, 0.05) is 0 Å². The molecule has 0 aromatic rings. The molecule has 16 heavy (non-hydrogen) atoms. The highest BCUT2D eigenvalue weighted by atomic mass is 32.2. The van der Waals surface area contributed by atoms with E-state index in [0.29, 0.717) is 17.4 Å². The molecule has 4 heteroatoms. The van der Waals surface area contributed by atoms with Crippen molar-refractivity contribution in [1.82, 2.24) is 5.32 Å². The Labute approximate surface area is 101 Å². The maximum absolute atomic E-state index is 11.7. The van der Waals surface area contributed by atoms with Crippen molar-refractivity contribution in [2.45, 2.75) is 40.5 Å². The summed E-state index contributed by atoms with van der Waals surface area (Å²) in [5.41, 5.74) is 0. The molecular weight excluding hydrogens is 222 g/mol. The number of sulfone groups is 1. The van der Waals surface area contributed by atoms with E-state index >= 15 is 0 Å². The van der Waals surface area contributed by atoms with Gasteiger partial charge in [0.05, 0.1) is 11.5 Å². The molecule has 0 saturated carbocycles. The zero-order valence-corrected chi connectivity index (χ0v) is 11.9. The third-order valence-electron chi connectivity index (χ3n) is 2.60. The van der Waals surface area contributed by atoms with Crippen LogP contribution < -0.4 is 5.32 Å². The van der Waals surface area contributed by atoms with Gasteiger partial charge in [-0.1, -0.05) is 34.1 Å². The van der Waals surface area contributed by atoms with Crippen LogP contribution in [0.1, 0.15) is 40.5 Å². The normalized spacial score (nSPS) is 14.3. The molecular formula is C12H27NO2S. The smallest absolute Gasteiger partial charge is 0.150 e. The first-order chi connectivity index (χ1) is 7.37. The fourth-order valence-corrected chi connectivity index (χ4v) is 3.30. The zero-order valence-electron chi connectivity index (χ0n) is 11.1. The molecule has 98 valence electrons. The molecule has 0 bridgehead atoms. The van der Waals surface area contributed by atoms with E-state index in [-0.39, 0.29) is 5.92 Å². The van der Waals surface area contributed by atoms with Crippen molar-refractivity contribution >= 4 is 9.84 Å². The van der Waals surface area contributed by atoms with Gasteiger partial charge in [-0.2, -0.15) is 0 Å². The lowest BCUT2D eigenvalue weighted by molar-refractivity contribution is 0.541. The Bertz CT molecular complexity index is 260. The molecule has 3 nitrogen and oxygen atoms in total. The van der Waals surface area contributed by atoms with Crippen molar-refractivity contribution in [3.05, 3.63) is 0 Å². The lowest BCUT2D eigenvalue weighted by Crippen LogP contribution is -2.24. The van der Waals surface area contributed by atoms with Crippen molar-refractivity contribution in [2.75, 3.05) is 24.6 Å². The topological polar surface area (TPSA) is 46.2 Å². The number of hydrogen-bond donors (Lipinski definition) is 1.